The van der Waals surface area contributed by atoms with E-state index >= 15 is 0 Å². The molecule has 0 saturated carbocycles. The van der Waals surface area contributed by atoms with Crippen LogP contribution in [0.15, 0.2) is 0 Å². The number of nitrogens with zero attached hydrogens (tertiary/aromatic N) is 1. The summed E-state index contributed by atoms with van der Waals surface area (Å²) in [5.74, 6) is 1.12. The van der Waals surface area contributed by atoms with E-state index in [1.54, 1.807) is 16.7 Å². The van der Waals surface area contributed by atoms with E-state index in [2.05, 4.69) is 0 Å². The molecule has 1 fully saturated rings. The van der Waals surface area contributed by atoms with E-state index in [0.717, 1.165) is 5.75 Å². The highest BCUT2D eigenvalue weighted by atomic mass is 35.5. The number of methoxy groups -OCH3 is 1. The summed E-state index contributed by atoms with van der Waals surface area (Å²) in [4.78, 5) is 25.1. The van der Waals surface area contributed by atoms with Gasteiger partial charge in [-0.05, 0) is 24.3 Å². The number of rotatable bonds is 6. The number of hydrogen-bond donors (Lipinski definition) is 0. The predicted octanol–water partition coefficient (Wildman–Crippen LogP) is 1.37. The predicted molar refractivity (Wildman–Crippen MR) is 69.3 cm³/mol. The molecule has 0 radical (unpaired) electrons. The first-order chi connectivity index (χ1) is 8.13. The lowest BCUT2D eigenvalue weighted by atomic mass is 10.1. The largest absolute Gasteiger partial charge is 0.467 e. The zero-order valence-electron chi connectivity index (χ0n) is 10.1. The van der Waals surface area contributed by atoms with Crippen molar-refractivity contribution in [3.63, 3.8) is 0 Å². The summed E-state index contributed by atoms with van der Waals surface area (Å²) < 4.78 is 4.76. The number of thioether (sulfide) groups is 1. The molecule has 0 bridgehead atoms. The molecule has 1 aliphatic heterocycles. The minimum Gasteiger partial charge on any atom is -0.467 e. The topological polar surface area (TPSA) is 46.6 Å². The minimum atomic E-state index is -0.451. The summed E-state index contributed by atoms with van der Waals surface area (Å²) in [7, 11) is 1.36. The molecule has 4 nitrogen and oxygen atoms in total. The fraction of sp³-hybridized carbons (Fsp3) is 0.818. The molecule has 0 aromatic heterocycles. The zero-order valence-corrected chi connectivity index (χ0v) is 11.7. The minimum absolute atomic E-state index is 0.00662. The maximum absolute atomic E-state index is 11.8. The highest BCUT2D eigenvalue weighted by Gasteiger charge is 2.37. The Balaban J connectivity index is 2.69. The van der Waals surface area contributed by atoms with Crippen molar-refractivity contribution in [2.24, 2.45) is 5.92 Å². The van der Waals surface area contributed by atoms with Gasteiger partial charge in [0.2, 0.25) is 5.91 Å². The Morgan fingerprint density at radius 2 is 2.41 bits per heavy atom. The van der Waals surface area contributed by atoms with E-state index in [1.807, 2.05) is 6.26 Å². The summed E-state index contributed by atoms with van der Waals surface area (Å²) >= 11 is 7.41. The average Bonchev–Trinajstić information content (AvgIpc) is 2.71. The first-order valence-electron chi connectivity index (χ1n) is 5.56. The van der Waals surface area contributed by atoms with E-state index < -0.39 is 6.04 Å². The number of carbonyl (C=O) groups is 2. The van der Waals surface area contributed by atoms with Crippen molar-refractivity contribution in [1.82, 2.24) is 4.90 Å². The molecule has 6 heteroatoms. The van der Waals surface area contributed by atoms with Gasteiger partial charge in [0.15, 0.2) is 0 Å². The van der Waals surface area contributed by atoms with Crippen LogP contribution in [0.3, 0.4) is 0 Å². The standard InChI is InChI=1S/C11H18ClNO3S/c1-16-11(15)9(3-4-17-2)13-7-8(6-12)5-10(13)14/h8-9H,3-7H2,1-2H3. The van der Waals surface area contributed by atoms with Crippen LogP contribution in [0.1, 0.15) is 12.8 Å². The number of amides is 1. The number of carbonyl (C=O) groups excluding carboxylic acids is 2. The fourth-order valence-corrected chi connectivity index (χ4v) is 2.65. The Labute approximate surface area is 111 Å². The van der Waals surface area contributed by atoms with Gasteiger partial charge in [0, 0.05) is 18.8 Å². The summed E-state index contributed by atoms with van der Waals surface area (Å²) in [5.41, 5.74) is 0. The van der Waals surface area contributed by atoms with Crippen molar-refractivity contribution < 1.29 is 14.3 Å². The maximum atomic E-state index is 11.8. The molecular formula is C11H18ClNO3S. The lowest BCUT2D eigenvalue weighted by molar-refractivity contribution is -0.151. The van der Waals surface area contributed by atoms with Crippen molar-refractivity contribution >= 4 is 35.2 Å². The van der Waals surface area contributed by atoms with E-state index in [1.165, 1.54) is 7.11 Å². The Hall–Kier alpha value is -0.420. The molecular weight excluding hydrogens is 262 g/mol. The molecule has 2 unspecified atom stereocenters. The second-order valence-corrected chi connectivity index (χ2v) is 5.39. The molecule has 1 saturated heterocycles. The summed E-state index contributed by atoms with van der Waals surface area (Å²) in [5, 5.41) is 0. The highest BCUT2D eigenvalue weighted by molar-refractivity contribution is 7.98. The van der Waals surface area contributed by atoms with Crippen molar-refractivity contribution in [3.05, 3.63) is 0 Å². The number of hydrogen-bond acceptors (Lipinski definition) is 4. The van der Waals surface area contributed by atoms with Gasteiger partial charge in [-0.15, -0.1) is 11.6 Å². The Morgan fingerprint density at radius 1 is 1.71 bits per heavy atom. The van der Waals surface area contributed by atoms with Crippen LogP contribution in [-0.2, 0) is 14.3 Å². The number of likely N-dealkylation sites (tertiary alicyclic amines) is 1. The number of alkyl halides is 1. The smallest absolute Gasteiger partial charge is 0.328 e. The lowest BCUT2D eigenvalue weighted by Crippen LogP contribution is -2.43. The highest BCUT2D eigenvalue weighted by Crippen LogP contribution is 2.23. The van der Waals surface area contributed by atoms with Crippen LogP contribution in [0.5, 0.6) is 0 Å². The van der Waals surface area contributed by atoms with E-state index in [0.29, 0.717) is 25.3 Å². The van der Waals surface area contributed by atoms with Crippen LogP contribution in [0.4, 0.5) is 0 Å². The van der Waals surface area contributed by atoms with Crippen molar-refractivity contribution in [3.8, 4) is 0 Å². The number of halogens is 1. The van der Waals surface area contributed by atoms with Crippen molar-refractivity contribution in [1.29, 1.82) is 0 Å². The first kappa shape index (κ1) is 14.6. The van der Waals surface area contributed by atoms with Gasteiger partial charge in [-0.1, -0.05) is 0 Å². The van der Waals surface area contributed by atoms with Gasteiger partial charge in [-0.25, -0.2) is 4.79 Å². The average molecular weight is 280 g/mol. The molecule has 0 aliphatic carbocycles. The molecule has 1 rings (SSSR count). The first-order valence-corrected chi connectivity index (χ1v) is 7.49. The van der Waals surface area contributed by atoms with Crippen LogP contribution in [0.2, 0.25) is 0 Å². The summed E-state index contributed by atoms with van der Waals surface area (Å²) in [6.45, 7) is 0.566. The molecule has 1 heterocycles. The van der Waals surface area contributed by atoms with Gasteiger partial charge in [-0.2, -0.15) is 11.8 Å². The number of esters is 1. The molecule has 0 spiro atoms. The Bertz CT molecular complexity index is 286. The van der Waals surface area contributed by atoms with E-state index in [4.69, 9.17) is 16.3 Å². The molecule has 17 heavy (non-hydrogen) atoms. The quantitative estimate of drug-likeness (QED) is 0.544. The van der Waals surface area contributed by atoms with E-state index in [-0.39, 0.29) is 17.8 Å². The third kappa shape index (κ3) is 3.78. The van der Waals surface area contributed by atoms with Crippen LogP contribution in [0, 0.1) is 5.92 Å². The molecule has 0 aromatic carbocycles. The van der Waals surface area contributed by atoms with Crippen molar-refractivity contribution in [2.45, 2.75) is 18.9 Å². The normalized spacial score (nSPS) is 21.7. The van der Waals surface area contributed by atoms with Crippen LogP contribution < -0.4 is 0 Å². The third-order valence-electron chi connectivity index (χ3n) is 2.90. The van der Waals surface area contributed by atoms with Crippen molar-refractivity contribution in [2.75, 3.05) is 31.5 Å². The molecule has 1 amide bonds. The van der Waals surface area contributed by atoms with Crippen LogP contribution >= 0.6 is 23.4 Å². The summed E-state index contributed by atoms with van der Waals surface area (Å²) in [6, 6.07) is -0.451. The molecule has 2 atom stereocenters. The van der Waals surface area contributed by atoms with Gasteiger partial charge in [0.05, 0.1) is 7.11 Å². The Morgan fingerprint density at radius 3 is 2.88 bits per heavy atom. The zero-order chi connectivity index (χ0) is 12.8. The van der Waals surface area contributed by atoms with Gasteiger partial charge in [0.1, 0.15) is 6.04 Å². The van der Waals surface area contributed by atoms with E-state index in [9.17, 15) is 9.59 Å². The molecule has 0 N–H and O–H groups in total. The van der Waals surface area contributed by atoms with Gasteiger partial charge >= 0.3 is 5.97 Å². The van der Waals surface area contributed by atoms with Gasteiger partial charge in [0.25, 0.3) is 0 Å². The fourth-order valence-electron chi connectivity index (χ4n) is 1.98. The molecule has 98 valence electrons. The Kier molecular flexibility index (Phi) is 6.12. The summed E-state index contributed by atoms with van der Waals surface area (Å²) in [6.07, 6.45) is 3.05. The second-order valence-electron chi connectivity index (χ2n) is 4.09. The van der Waals surface area contributed by atoms with Crippen LogP contribution in [0.25, 0.3) is 0 Å². The molecule has 0 aromatic rings. The molecule has 1 aliphatic rings. The maximum Gasteiger partial charge on any atom is 0.328 e. The lowest BCUT2D eigenvalue weighted by Gasteiger charge is -2.25. The second kappa shape index (κ2) is 7.11. The van der Waals surface area contributed by atoms with Gasteiger partial charge in [-0.3, -0.25) is 4.79 Å². The SMILES string of the molecule is COC(=O)C(CCSC)N1CC(CCl)CC1=O. The van der Waals surface area contributed by atoms with Gasteiger partial charge < -0.3 is 9.64 Å². The van der Waals surface area contributed by atoms with Crippen LogP contribution in [-0.4, -0.2) is 54.4 Å². The number of ether oxygens (including phenoxy) is 1. The third-order valence-corrected chi connectivity index (χ3v) is 3.98. The monoisotopic (exact) mass is 279 g/mol.